The van der Waals surface area contributed by atoms with Gasteiger partial charge in [-0.1, -0.05) is 19.9 Å². The Kier molecular flexibility index (Phi) is 3.15. The van der Waals surface area contributed by atoms with Crippen LogP contribution >= 0.6 is 0 Å². The first-order valence-corrected chi connectivity index (χ1v) is 9.36. The molecule has 0 unspecified atom stereocenters. The van der Waals surface area contributed by atoms with E-state index in [0.717, 1.165) is 56.9 Å². The van der Waals surface area contributed by atoms with Gasteiger partial charge >= 0.3 is 5.97 Å². The minimum Gasteiger partial charge on any atom is -0.481 e. The average molecular weight is 318 g/mol. The molecule has 0 aromatic carbocycles. The Hall–Kier alpha value is -0.830. The van der Waals surface area contributed by atoms with E-state index in [-0.39, 0.29) is 22.9 Å². The fraction of sp³-hybridized carbons (Fsp3) is 0.850. The van der Waals surface area contributed by atoms with E-state index in [4.69, 9.17) is 0 Å². The van der Waals surface area contributed by atoms with Gasteiger partial charge in [0, 0.05) is 5.41 Å². The molecule has 128 valence electrons. The smallest absolute Gasteiger partial charge is 0.309 e. The molecule has 0 amide bonds. The normalized spacial score (nSPS) is 55.2. The first-order chi connectivity index (χ1) is 10.8. The molecule has 3 nitrogen and oxygen atoms in total. The lowest BCUT2D eigenvalue weighted by Gasteiger charge is -2.63. The number of fused-ring (bicyclic) bond motifs is 3. The minimum absolute atomic E-state index is 0.0119. The summed E-state index contributed by atoms with van der Waals surface area (Å²) in [6.45, 7) is 8.53. The third kappa shape index (κ3) is 1.72. The third-order valence-electron chi connectivity index (χ3n) is 8.70. The lowest BCUT2D eigenvalue weighted by Crippen LogP contribution is -2.60. The molecule has 0 aromatic rings. The van der Waals surface area contributed by atoms with E-state index in [1.165, 1.54) is 0 Å². The maximum absolute atomic E-state index is 12.0. The molecule has 4 aliphatic carbocycles. The molecule has 3 heteroatoms. The number of hydrogen-bond acceptors (Lipinski definition) is 2. The fourth-order valence-corrected chi connectivity index (χ4v) is 7.62. The Balaban J connectivity index is 1.78. The highest BCUT2D eigenvalue weighted by atomic mass is 16.4. The maximum atomic E-state index is 12.0. The molecule has 7 atom stereocenters. The van der Waals surface area contributed by atoms with E-state index in [1.54, 1.807) is 0 Å². The Morgan fingerprint density at radius 1 is 1.13 bits per heavy atom. The Morgan fingerprint density at radius 3 is 2.57 bits per heavy atom. The van der Waals surface area contributed by atoms with Crippen molar-refractivity contribution in [2.24, 2.45) is 34.0 Å². The Labute approximate surface area is 139 Å². The van der Waals surface area contributed by atoms with Crippen molar-refractivity contribution >= 4 is 5.97 Å². The zero-order valence-corrected chi connectivity index (χ0v) is 14.5. The highest BCUT2D eigenvalue weighted by molar-refractivity contribution is 5.75. The zero-order chi connectivity index (χ0) is 16.6. The lowest BCUT2D eigenvalue weighted by molar-refractivity contribution is -0.190. The summed E-state index contributed by atoms with van der Waals surface area (Å²) in [5.41, 5.74) is 0.514. The summed E-state index contributed by atoms with van der Waals surface area (Å²) < 4.78 is 0. The van der Waals surface area contributed by atoms with Gasteiger partial charge < -0.3 is 10.2 Å². The number of rotatable bonds is 1. The number of aliphatic carboxylic acids is 1. The van der Waals surface area contributed by atoms with Gasteiger partial charge in [-0.2, -0.15) is 0 Å². The molecule has 0 aliphatic heterocycles. The quantitative estimate of drug-likeness (QED) is 0.718. The second kappa shape index (κ2) is 4.62. The van der Waals surface area contributed by atoms with E-state index >= 15 is 0 Å². The van der Waals surface area contributed by atoms with Crippen LogP contribution in [0.3, 0.4) is 0 Å². The van der Waals surface area contributed by atoms with Crippen LogP contribution in [0.4, 0.5) is 0 Å². The number of carboxylic acid groups (broad SMARTS) is 1. The second-order valence-electron chi connectivity index (χ2n) is 9.41. The summed E-state index contributed by atoms with van der Waals surface area (Å²) >= 11 is 0. The van der Waals surface area contributed by atoms with Crippen LogP contribution in [0.2, 0.25) is 0 Å². The van der Waals surface area contributed by atoms with Crippen LogP contribution in [0.5, 0.6) is 0 Å². The molecule has 4 saturated carbocycles. The zero-order valence-electron chi connectivity index (χ0n) is 14.5. The van der Waals surface area contributed by atoms with Gasteiger partial charge in [-0.25, -0.2) is 0 Å². The number of aliphatic hydroxyl groups is 1. The van der Waals surface area contributed by atoms with Crippen LogP contribution < -0.4 is 0 Å². The van der Waals surface area contributed by atoms with Crippen molar-refractivity contribution in [1.29, 1.82) is 0 Å². The number of aliphatic hydroxyl groups excluding tert-OH is 1. The first-order valence-electron chi connectivity index (χ1n) is 9.36. The van der Waals surface area contributed by atoms with Gasteiger partial charge in [-0.05, 0) is 80.6 Å². The van der Waals surface area contributed by atoms with Crippen LogP contribution in [-0.2, 0) is 4.79 Å². The van der Waals surface area contributed by atoms with Crippen molar-refractivity contribution < 1.29 is 15.0 Å². The van der Waals surface area contributed by atoms with Gasteiger partial charge in [-0.3, -0.25) is 4.79 Å². The van der Waals surface area contributed by atoms with Crippen molar-refractivity contribution in [3.05, 3.63) is 12.2 Å². The Bertz CT molecular complexity index is 569. The second-order valence-corrected chi connectivity index (χ2v) is 9.41. The predicted octanol–water partition coefficient (Wildman–Crippen LogP) is 4.01. The SMILES string of the molecule is C=C1[C@@H]2CC[C@@H]3[C@]4(C)CCC[C@@](C)(C(=O)O)[C@H]4CC[C@]3(C2)[C@@H]1O. The first kappa shape index (κ1) is 15.7. The largest absolute Gasteiger partial charge is 0.481 e. The standard InChI is InChI=1S/C20H30O3/c1-12-13-5-6-15-18(2)8-4-9-19(3,17(22)23)14(18)7-10-20(15,11-13)16(12)21/h13-16,21H,1,4-11H2,2-3H3,(H,22,23)/t13-,14+,15-,16-,18-,19-,20-/m1/s1. The van der Waals surface area contributed by atoms with E-state index in [1.807, 2.05) is 6.92 Å². The topological polar surface area (TPSA) is 57.5 Å². The van der Waals surface area contributed by atoms with Gasteiger partial charge in [-0.15, -0.1) is 0 Å². The van der Waals surface area contributed by atoms with Crippen LogP contribution in [0, 0.1) is 34.0 Å². The highest BCUT2D eigenvalue weighted by Gasteiger charge is 2.67. The fourth-order valence-electron chi connectivity index (χ4n) is 7.62. The van der Waals surface area contributed by atoms with Crippen LogP contribution in [-0.4, -0.2) is 22.3 Å². The minimum atomic E-state index is -0.616. The van der Waals surface area contributed by atoms with E-state index in [9.17, 15) is 15.0 Å². The van der Waals surface area contributed by atoms with Crippen molar-refractivity contribution in [2.45, 2.75) is 71.3 Å². The van der Waals surface area contributed by atoms with Gasteiger partial charge in [0.1, 0.15) is 0 Å². The molecule has 0 heterocycles. The highest BCUT2D eigenvalue weighted by Crippen LogP contribution is 2.72. The molecule has 4 rings (SSSR count). The summed E-state index contributed by atoms with van der Waals surface area (Å²) in [6.07, 6.45) is 7.86. The lowest BCUT2D eigenvalue weighted by atomic mass is 9.40. The van der Waals surface area contributed by atoms with E-state index in [0.29, 0.717) is 11.8 Å². The van der Waals surface area contributed by atoms with Crippen LogP contribution in [0.15, 0.2) is 12.2 Å². The van der Waals surface area contributed by atoms with E-state index < -0.39 is 11.4 Å². The molecular formula is C20H30O3. The summed E-state index contributed by atoms with van der Waals surface area (Å²) in [7, 11) is 0. The maximum Gasteiger partial charge on any atom is 0.309 e. The van der Waals surface area contributed by atoms with Gasteiger partial charge in [0.2, 0.25) is 0 Å². The summed E-state index contributed by atoms with van der Waals surface area (Å²) in [4.78, 5) is 12.0. The van der Waals surface area contributed by atoms with E-state index in [2.05, 4.69) is 13.5 Å². The van der Waals surface area contributed by atoms with Crippen molar-refractivity contribution in [3.8, 4) is 0 Å². The van der Waals surface area contributed by atoms with Gasteiger partial charge in [0.05, 0.1) is 11.5 Å². The van der Waals surface area contributed by atoms with Crippen molar-refractivity contribution in [3.63, 3.8) is 0 Å². The molecule has 23 heavy (non-hydrogen) atoms. The predicted molar refractivity (Wildman–Crippen MR) is 88.8 cm³/mol. The number of hydrogen-bond donors (Lipinski definition) is 2. The molecule has 2 bridgehead atoms. The molecule has 0 radical (unpaired) electrons. The van der Waals surface area contributed by atoms with Gasteiger partial charge in [0.15, 0.2) is 0 Å². The molecule has 4 aliphatic rings. The molecule has 4 fully saturated rings. The molecule has 2 N–H and O–H groups in total. The molecule has 1 spiro atoms. The van der Waals surface area contributed by atoms with Crippen LogP contribution in [0.1, 0.15) is 65.2 Å². The average Bonchev–Trinajstić information content (AvgIpc) is 2.68. The monoisotopic (exact) mass is 318 g/mol. The third-order valence-corrected chi connectivity index (χ3v) is 8.70. The van der Waals surface area contributed by atoms with Gasteiger partial charge in [0.25, 0.3) is 0 Å². The van der Waals surface area contributed by atoms with Crippen LogP contribution in [0.25, 0.3) is 0 Å². The Morgan fingerprint density at radius 2 is 1.87 bits per heavy atom. The summed E-state index contributed by atoms with van der Waals surface area (Å²) in [5, 5.41) is 20.9. The summed E-state index contributed by atoms with van der Waals surface area (Å²) in [6, 6.07) is 0. The van der Waals surface area contributed by atoms with Crippen molar-refractivity contribution in [1.82, 2.24) is 0 Å². The van der Waals surface area contributed by atoms with Crippen molar-refractivity contribution in [2.75, 3.05) is 0 Å². The number of carbonyl (C=O) groups is 1. The summed E-state index contributed by atoms with van der Waals surface area (Å²) in [5.74, 6) is 0.581. The molecule has 0 saturated heterocycles. The number of carboxylic acids is 1. The molecular weight excluding hydrogens is 288 g/mol. The molecule has 0 aromatic heterocycles.